The van der Waals surface area contributed by atoms with Crippen LogP contribution in [-0.4, -0.2) is 6.04 Å². The van der Waals surface area contributed by atoms with Crippen LogP contribution < -0.4 is 5.73 Å². The Morgan fingerprint density at radius 1 is 1.33 bits per heavy atom. The van der Waals surface area contributed by atoms with Gasteiger partial charge in [-0.25, -0.2) is 4.39 Å². The maximum atomic E-state index is 12.9. The molecule has 2 atom stereocenters. The lowest BCUT2D eigenvalue weighted by Crippen LogP contribution is -2.19. The minimum Gasteiger partial charge on any atom is -0.328 e. The van der Waals surface area contributed by atoms with Gasteiger partial charge in [0, 0.05) is 6.04 Å². The molecule has 1 aromatic rings. The molecule has 0 radical (unpaired) electrons. The number of aryl methyl sites for hydroxylation is 1. The highest BCUT2D eigenvalue weighted by Gasteiger charge is 2.08. The molecule has 2 unspecified atom stereocenters. The first-order valence-electron chi connectivity index (χ1n) is 5.49. The van der Waals surface area contributed by atoms with E-state index in [4.69, 9.17) is 5.73 Å². The number of hydrogen-bond donors (Lipinski definition) is 1. The Balaban J connectivity index is 2.64. The van der Waals surface area contributed by atoms with E-state index < -0.39 is 0 Å². The molecule has 2 N–H and O–H groups in total. The third-order valence-corrected chi connectivity index (χ3v) is 2.65. The van der Waals surface area contributed by atoms with E-state index in [1.54, 1.807) is 6.07 Å². The quantitative estimate of drug-likeness (QED) is 0.810. The first kappa shape index (κ1) is 12.2. The van der Waals surface area contributed by atoms with Gasteiger partial charge in [0.2, 0.25) is 0 Å². The summed E-state index contributed by atoms with van der Waals surface area (Å²) in [6.45, 7) is 6.16. The predicted octanol–water partition coefficient (Wildman–Crippen LogP) is 3.05. The largest absolute Gasteiger partial charge is 0.328 e. The van der Waals surface area contributed by atoms with Crippen molar-refractivity contribution in [1.82, 2.24) is 0 Å². The monoisotopic (exact) mass is 209 g/mol. The predicted molar refractivity (Wildman–Crippen MR) is 62.3 cm³/mol. The second-order valence-electron chi connectivity index (χ2n) is 4.59. The molecule has 0 aliphatic heterocycles. The van der Waals surface area contributed by atoms with Crippen LogP contribution in [-0.2, 0) is 6.42 Å². The molecule has 0 saturated heterocycles. The summed E-state index contributed by atoms with van der Waals surface area (Å²) in [5.74, 6) is 0.394. The van der Waals surface area contributed by atoms with Crippen LogP contribution >= 0.6 is 0 Å². The van der Waals surface area contributed by atoms with Crippen molar-refractivity contribution in [3.05, 3.63) is 35.1 Å². The van der Waals surface area contributed by atoms with Gasteiger partial charge >= 0.3 is 0 Å². The summed E-state index contributed by atoms with van der Waals surface area (Å²) in [7, 11) is 0. The molecule has 0 fully saturated rings. The minimum atomic E-state index is -0.156. The van der Waals surface area contributed by atoms with Crippen molar-refractivity contribution in [2.75, 3.05) is 0 Å². The number of benzene rings is 1. The average molecular weight is 209 g/mol. The molecule has 1 aromatic carbocycles. The standard InChI is InChI=1S/C13H20FN/c1-9(6-11(3)15)7-12-4-5-13(14)8-10(12)2/h4-5,8-9,11H,6-7,15H2,1-3H3. The Morgan fingerprint density at radius 2 is 2.00 bits per heavy atom. The molecule has 1 nitrogen and oxygen atoms in total. The SMILES string of the molecule is Cc1cc(F)ccc1CC(C)CC(C)N. The topological polar surface area (TPSA) is 26.0 Å². The summed E-state index contributed by atoms with van der Waals surface area (Å²) in [6, 6.07) is 5.23. The van der Waals surface area contributed by atoms with Gasteiger partial charge < -0.3 is 5.73 Å². The first-order valence-corrected chi connectivity index (χ1v) is 5.49. The molecule has 84 valence electrons. The molecular formula is C13H20FN. The summed E-state index contributed by atoms with van der Waals surface area (Å²) in [5, 5.41) is 0. The van der Waals surface area contributed by atoms with Crippen LogP contribution in [0.1, 0.15) is 31.4 Å². The van der Waals surface area contributed by atoms with E-state index in [0.29, 0.717) is 5.92 Å². The smallest absolute Gasteiger partial charge is 0.123 e. The Bertz CT molecular complexity index is 320. The van der Waals surface area contributed by atoms with Gasteiger partial charge in [0.25, 0.3) is 0 Å². The normalized spacial score (nSPS) is 15.0. The van der Waals surface area contributed by atoms with Crippen LogP contribution in [0.15, 0.2) is 18.2 Å². The molecule has 2 heteroatoms. The van der Waals surface area contributed by atoms with Gasteiger partial charge in [0.15, 0.2) is 0 Å². The van der Waals surface area contributed by atoms with Gasteiger partial charge in [-0.05, 0) is 55.9 Å². The fraction of sp³-hybridized carbons (Fsp3) is 0.538. The van der Waals surface area contributed by atoms with Crippen LogP contribution in [0, 0.1) is 18.7 Å². The van der Waals surface area contributed by atoms with Gasteiger partial charge in [-0.1, -0.05) is 13.0 Å². The van der Waals surface area contributed by atoms with Crippen LogP contribution in [0.4, 0.5) is 4.39 Å². The lowest BCUT2D eigenvalue weighted by atomic mass is 9.93. The highest BCUT2D eigenvalue weighted by Crippen LogP contribution is 2.17. The Hall–Kier alpha value is -0.890. The highest BCUT2D eigenvalue weighted by molar-refractivity contribution is 5.26. The molecular weight excluding hydrogens is 189 g/mol. The zero-order valence-corrected chi connectivity index (χ0v) is 9.76. The van der Waals surface area contributed by atoms with Crippen LogP contribution in [0.3, 0.4) is 0 Å². The van der Waals surface area contributed by atoms with Crippen molar-refractivity contribution in [2.24, 2.45) is 11.7 Å². The van der Waals surface area contributed by atoms with Crippen LogP contribution in [0.5, 0.6) is 0 Å². The minimum absolute atomic E-state index is 0.156. The van der Waals surface area contributed by atoms with Crippen LogP contribution in [0.25, 0.3) is 0 Å². The van der Waals surface area contributed by atoms with E-state index in [0.717, 1.165) is 18.4 Å². The van der Waals surface area contributed by atoms with Crippen LogP contribution in [0.2, 0.25) is 0 Å². The van der Waals surface area contributed by atoms with Crippen molar-refractivity contribution >= 4 is 0 Å². The maximum absolute atomic E-state index is 12.9. The number of halogens is 1. The Morgan fingerprint density at radius 3 is 2.53 bits per heavy atom. The second-order valence-corrected chi connectivity index (χ2v) is 4.59. The molecule has 0 aliphatic carbocycles. The Labute approximate surface area is 91.5 Å². The highest BCUT2D eigenvalue weighted by atomic mass is 19.1. The third kappa shape index (κ3) is 4.00. The molecule has 1 rings (SSSR count). The number of rotatable bonds is 4. The van der Waals surface area contributed by atoms with Crippen molar-refractivity contribution in [3.8, 4) is 0 Å². The third-order valence-electron chi connectivity index (χ3n) is 2.65. The molecule has 0 aromatic heterocycles. The van der Waals surface area contributed by atoms with E-state index in [-0.39, 0.29) is 11.9 Å². The van der Waals surface area contributed by atoms with Crippen molar-refractivity contribution in [2.45, 2.75) is 39.7 Å². The van der Waals surface area contributed by atoms with Crippen molar-refractivity contribution in [3.63, 3.8) is 0 Å². The molecule has 0 saturated carbocycles. The summed E-state index contributed by atoms with van der Waals surface area (Å²) in [5.41, 5.74) is 8.01. The van der Waals surface area contributed by atoms with Gasteiger partial charge in [-0.15, -0.1) is 0 Å². The summed E-state index contributed by atoms with van der Waals surface area (Å²) in [6.07, 6.45) is 1.99. The average Bonchev–Trinajstić information content (AvgIpc) is 2.08. The number of nitrogens with two attached hydrogens (primary N) is 1. The van der Waals surface area contributed by atoms with Gasteiger partial charge in [-0.2, -0.15) is 0 Å². The van der Waals surface area contributed by atoms with Gasteiger partial charge in [0.05, 0.1) is 0 Å². The van der Waals surface area contributed by atoms with E-state index in [1.807, 2.05) is 19.9 Å². The fourth-order valence-corrected chi connectivity index (χ4v) is 1.98. The zero-order valence-electron chi connectivity index (χ0n) is 9.76. The van der Waals surface area contributed by atoms with E-state index in [1.165, 1.54) is 11.6 Å². The van der Waals surface area contributed by atoms with E-state index in [2.05, 4.69) is 6.92 Å². The molecule has 0 aliphatic rings. The Kier molecular flexibility index (Phi) is 4.28. The fourth-order valence-electron chi connectivity index (χ4n) is 1.98. The van der Waals surface area contributed by atoms with Crippen molar-refractivity contribution in [1.29, 1.82) is 0 Å². The number of hydrogen-bond acceptors (Lipinski definition) is 1. The van der Waals surface area contributed by atoms with Gasteiger partial charge in [0.1, 0.15) is 5.82 Å². The van der Waals surface area contributed by atoms with Crippen molar-refractivity contribution < 1.29 is 4.39 Å². The molecule has 0 amide bonds. The second kappa shape index (κ2) is 5.26. The summed E-state index contributed by atoms with van der Waals surface area (Å²) < 4.78 is 12.9. The maximum Gasteiger partial charge on any atom is 0.123 e. The lowest BCUT2D eigenvalue weighted by Gasteiger charge is -2.15. The molecule has 0 spiro atoms. The first-order chi connectivity index (χ1) is 6.99. The summed E-state index contributed by atoms with van der Waals surface area (Å²) in [4.78, 5) is 0. The molecule has 0 heterocycles. The van der Waals surface area contributed by atoms with E-state index >= 15 is 0 Å². The van der Waals surface area contributed by atoms with Gasteiger partial charge in [-0.3, -0.25) is 0 Å². The summed E-state index contributed by atoms with van der Waals surface area (Å²) >= 11 is 0. The molecule has 15 heavy (non-hydrogen) atoms. The van der Waals surface area contributed by atoms with E-state index in [9.17, 15) is 4.39 Å². The zero-order chi connectivity index (χ0) is 11.4. The molecule has 0 bridgehead atoms. The lowest BCUT2D eigenvalue weighted by molar-refractivity contribution is 0.478.